The van der Waals surface area contributed by atoms with E-state index in [1.54, 1.807) is 12.1 Å². The third-order valence-corrected chi connectivity index (χ3v) is 5.87. The first-order valence-corrected chi connectivity index (χ1v) is 8.94. The molecule has 0 atom stereocenters. The van der Waals surface area contributed by atoms with Gasteiger partial charge in [0.05, 0.1) is 11.4 Å². The summed E-state index contributed by atoms with van der Waals surface area (Å²) in [5.41, 5.74) is 7.40. The van der Waals surface area contributed by atoms with Gasteiger partial charge in [0.15, 0.2) is 0 Å². The molecule has 1 heterocycles. The van der Waals surface area contributed by atoms with E-state index in [1.165, 1.54) is 37.7 Å². The first-order chi connectivity index (χ1) is 9.94. The van der Waals surface area contributed by atoms with Crippen LogP contribution in [0, 0.1) is 0 Å². The summed E-state index contributed by atoms with van der Waals surface area (Å²) in [6.45, 7) is 1.88. The number of nitrogen functional groups attached to an aromatic ring is 1. The van der Waals surface area contributed by atoms with Crippen molar-refractivity contribution in [2.75, 3.05) is 37.8 Å². The van der Waals surface area contributed by atoms with Gasteiger partial charge >= 0.3 is 0 Å². The van der Waals surface area contributed by atoms with Crippen LogP contribution in [0.4, 0.5) is 11.4 Å². The van der Waals surface area contributed by atoms with E-state index in [0.717, 1.165) is 31.6 Å². The second-order valence-corrected chi connectivity index (χ2v) is 7.85. The van der Waals surface area contributed by atoms with Crippen molar-refractivity contribution in [3.63, 3.8) is 0 Å². The van der Waals surface area contributed by atoms with Crippen LogP contribution in [0.25, 0.3) is 0 Å². The van der Waals surface area contributed by atoms with Crippen molar-refractivity contribution < 1.29 is 8.42 Å². The van der Waals surface area contributed by atoms with Crippen LogP contribution >= 0.6 is 0 Å². The van der Waals surface area contributed by atoms with Crippen molar-refractivity contribution in [2.45, 2.75) is 37.0 Å². The number of nitrogens with zero attached hydrogens (tertiary/aromatic N) is 2. The van der Waals surface area contributed by atoms with E-state index in [9.17, 15) is 8.42 Å². The molecular formula is C15H25N3O2S. The van der Waals surface area contributed by atoms with Gasteiger partial charge in [0.1, 0.15) is 4.90 Å². The summed E-state index contributed by atoms with van der Waals surface area (Å²) in [7, 11) is -0.453. The number of hydrogen-bond acceptors (Lipinski definition) is 4. The summed E-state index contributed by atoms with van der Waals surface area (Å²) in [5, 5.41) is 0. The maximum absolute atomic E-state index is 12.3. The number of nitrogens with two attached hydrogens (primary N) is 1. The predicted molar refractivity (Wildman–Crippen MR) is 87.0 cm³/mol. The highest BCUT2D eigenvalue weighted by molar-refractivity contribution is 7.89. The van der Waals surface area contributed by atoms with Crippen LogP contribution in [0.1, 0.15) is 32.1 Å². The Balaban J connectivity index is 2.37. The minimum atomic E-state index is -3.50. The Hall–Kier alpha value is -1.27. The van der Waals surface area contributed by atoms with Gasteiger partial charge in [-0.3, -0.25) is 0 Å². The molecule has 0 aliphatic carbocycles. The summed E-state index contributed by atoms with van der Waals surface area (Å²) in [4.78, 5) is 2.43. The van der Waals surface area contributed by atoms with Crippen LogP contribution in [-0.4, -0.2) is 39.9 Å². The normalized spacial score (nSPS) is 17.6. The Morgan fingerprint density at radius 1 is 1.05 bits per heavy atom. The van der Waals surface area contributed by atoms with Crippen molar-refractivity contribution in [3.05, 3.63) is 18.2 Å². The molecule has 1 aliphatic rings. The van der Waals surface area contributed by atoms with Gasteiger partial charge in [-0.05, 0) is 25.0 Å². The molecule has 2 rings (SSSR count). The summed E-state index contributed by atoms with van der Waals surface area (Å²) in [5.74, 6) is 0. The zero-order valence-electron chi connectivity index (χ0n) is 12.9. The Morgan fingerprint density at radius 2 is 1.62 bits per heavy atom. The minimum absolute atomic E-state index is 0.201. The molecule has 1 aliphatic heterocycles. The fourth-order valence-corrected chi connectivity index (χ4v) is 3.74. The van der Waals surface area contributed by atoms with Gasteiger partial charge in [-0.15, -0.1) is 0 Å². The molecule has 0 spiro atoms. The van der Waals surface area contributed by atoms with Crippen LogP contribution in [0.5, 0.6) is 0 Å². The van der Waals surface area contributed by atoms with Gasteiger partial charge < -0.3 is 10.6 Å². The third kappa shape index (κ3) is 3.49. The van der Waals surface area contributed by atoms with Crippen LogP contribution in [0.2, 0.25) is 0 Å². The molecule has 0 unspecified atom stereocenters. The van der Waals surface area contributed by atoms with Crippen molar-refractivity contribution in [1.82, 2.24) is 4.31 Å². The van der Waals surface area contributed by atoms with Crippen molar-refractivity contribution in [2.24, 2.45) is 0 Å². The van der Waals surface area contributed by atoms with Crippen LogP contribution in [0.15, 0.2) is 23.1 Å². The lowest BCUT2D eigenvalue weighted by Gasteiger charge is -2.29. The predicted octanol–water partition coefficient (Wildman–Crippen LogP) is 2.29. The molecule has 1 aromatic carbocycles. The molecule has 0 radical (unpaired) electrons. The lowest BCUT2D eigenvalue weighted by molar-refractivity contribution is 0.521. The van der Waals surface area contributed by atoms with E-state index >= 15 is 0 Å². The minimum Gasteiger partial charge on any atom is -0.396 e. The summed E-state index contributed by atoms with van der Waals surface area (Å²) in [6.07, 6.45) is 6.00. The lowest BCUT2D eigenvalue weighted by atomic mass is 10.1. The molecule has 21 heavy (non-hydrogen) atoms. The molecule has 0 aromatic heterocycles. The fourth-order valence-electron chi connectivity index (χ4n) is 2.72. The first-order valence-electron chi connectivity index (χ1n) is 7.50. The van der Waals surface area contributed by atoms with E-state index in [4.69, 9.17) is 5.73 Å². The van der Waals surface area contributed by atoms with Gasteiger partial charge in [-0.1, -0.05) is 25.3 Å². The van der Waals surface area contributed by atoms with E-state index < -0.39 is 10.0 Å². The SMILES string of the molecule is CN(C)S(=O)(=O)c1cccc(N2CCCCCCC2)c1N. The average Bonchev–Trinajstić information content (AvgIpc) is 2.39. The Labute approximate surface area is 127 Å². The van der Waals surface area contributed by atoms with Crippen LogP contribution in [-0.2, 0) is 10.0 Å². The average molecular weight is 311 g/mol. The van der Waals surface area contributed by atoms with E-state index in [0.29, 0.717) is 5.69 Å². The third-order valence-electron chi connectivity index (χ3n) is 4.00. The van der Waals surface area contributed by atoms with Gasteiger partial charge in [0.2, 0.25) is 10.0 Å². The molecule has 0 bridgehead atoms. The maximum Gasteiger partial charge on any atom is 0.244 e. The van der Waals surface area contributed by atoms with Crippen LogP contribution < -0.4 is 10.6 Å². The zero-order valence-corrected chi connectivity index (χ0v) is 13.7. The highest BCUT2D eigenvalue weighted by Crippen LogP contribution is 2.32. The largest absolute Gasteiger partial charge is 0.396 e. The molecule has 1 saturated heterocycles. The summed E-state index contributed by atoms with van der Waals surface area (Å²) >= 11 is 0. The Morgan fingerprint density at radius 3 is 2.19 bits per heavy atom. The molecule has 2 N–H and O–H groups in total. The number of hydrogen-bond donors (Lipinski definition) is 1. The first kappa shape index (κ1) is 16.1. The quantitative estimate of drug-likeness (QED) is 0.870. The maximum atomic E-state index is 12.3. The highest BCUT2D eigenvalue weighted by atomic mass is 32.2. The van der Waals surface area contributed by atoms with Crippen LogP contribution in [0.3, 0.4) is 0 Å². The van der Waals surface area contributed by atoms with E-state index in [-0.39, 0.29) is 4.90 Å². The summed E-state index contributed by atoms with van der Waals surface area (Å²) in [6, 6.07) is 5.28. The Kier molecular flexibility index (Phi) is 5.11. The highest BCUT2D eigenvalue weighted by Gasteiger charge is 2.23. The lowest BCUT2D eigenvalue weighted by Crippen LogP contribution is -2.29. The molecular weight excluding hydrogens is 286 g/mol. The zero-order chi connectivity index (χ0) is 15.5. The standard InChI is InChI=1S/C15H25N3O2S/c1-17(2)21(19,20)14-10-8-9-13(15(14)16)18-11-6-4-3-5-7-12-18/h8-10H,3-7,11-12,16H2,1-2H3. The molecule has 1 fully saturated rings. The number of benzene rings is 1. The topological polar surface area (TPSA) is 66.6 Å². The van der Waals surface area contributed by atoms with E-state index in [1.807, 2.05) is 6.07 Å². The van der Waals surface area contributed by atoms with Gasteiger partial charge in [0.25, 0.3) is 0 Å². The molecule has 0 amide bonds. The molecule has 118 valence electrons. The Bertz CT molecular complexity index is 577. The van der Waals surface area contributed by atoms with Gasteiger partial charge in [-0.25, -0.2) is 12.7 Å². The van der Waals surface area contributed by atoms with E-state index in [2.05, 4.69) is 4.90 Å². The van der Waals surface area contributed by atoms with Crippen molar-refractivity contribution in [1.29, 1.82) is 0 Å². The fraction of sp³-hybridized carbons (Fsp3) is 0.600. The number of rotatable bonds is 3. The molecule has 1 aromatic rings. The number of para-hydroxylation sites is 1. The molecule has 5 nitrogen and oxygen atoms in total. The molecule has 6 heteroatoms. The second kappa shape index (κ2) is 6.66. The van der Waals surface area contributed by atoms with Gasteiger partial charge in [-0.2, -0.15) is 0 Å². The number of anilines is 2. The smallest absolute Gasteiger partial charge is 0.244 e. The molecule has 0 saturated carbocycles. The number of sulfonamides is 1. The monoisotopic (exact) mass is 311 g/mol. The second-order valence-electron chi connectivity index (χ2n) is 5.73. The van der Waals surface area contributed by atoms with Gasteiger partial charge in [0, 0.05) is 27.2 Å². The van der Waals surface area contributed by atoms with Crippen molar-refractivity contribution in [3.8, 4) is 0 Å². The van der Waals surface area contributed by atoms with Crippen molar-refractivity contribution >= 4 is 21.4 Å². The summed E-state index contributed by atoms with van der Waals surface area (Å²) < 4.78 is 25.9.